The zero-order valence-corrected chi connectivity index (χ0v) is 15.0. The molecule has 0 bridgehead atoms. The average Bonchev–Trinajstić information content (AvgIpc) is 3.13. The molecular formula is C20H21N3O3. The number of aryl methyl sites for hydroxylation is 1. The monoisotopic (exact) mass is 351 g/mol. The molecule has 3 aromatic rings. The van der Waals surface area contributed by atoms with Gasteiger partial charge in [-0.2, -0.15) is 4.98 Å². The lowest BCUT2D eigenvalue weighted by atomic mass is 10.1. The first-order valence-corrected chi connectivity index (χ1v) is 8.51. The predicted molar refractivity (Wildman–Crippen MR) is 98.0 cm³/mol. The van der Waals surface area contributed by atoms with Crippen LogP contribution in [0.15, 0.2) is 53.1 Å². The number of carbonyl (C=O) groups excluding carboxylic acids is 1. The molecule has 1 amide bonds. The summed E-state index contributed by atoms with van der Waals surface area (Å²) >= 11 is 0. The van der Waals surface area contributed by atoms with Crippen LogP contribution < -0.4 is 10.1 Å². The molecule has 6 nitrogen and oxygen atoms in total. The molecule has 0 unspecified atom stereocenters. The molecule has 6 heteroatoms. The topological polar surface area (TPSA) is 77.2 Å². The van der Waals surface area contributed by atoms with Gasteiger partial charge in [-0.15, -0.1) is 0 Å². The van der Waals surface area contributed by atoms with Crippen LogP contribution in [0.1, 0.15) is 41.7 Å². The minimum absolute atomic E-state index is 0.212. The summed E-state index contributed by atoms with van der Waals surface area (Å²) in [7, 11) is 0. The summed E-state index contributed by atoms with van der Waals surface area (Å²) in [5.41, 5.74) is 2.51. The van der Waals surface area contributed by atoms with Gasteiger partial charge in [-0.3, -0.25) is 4.79 Å². The van der Waals surface area contributed by atoms with Crippen LogP contribution in [0, 0.1) is 6.92 Å². The van der Waals surface area contributed by atoms with Gasteiger partial charge >= 0.3 is 0 Å². The molecule has 0 fully saturated rings. The summed E-state index contributed by atoms with van der Waals surface area (Å²) in [4.78, 5) is 16.8. The van der Waals surface area contributed by atoms with Gasteiger partial charge in [-0.05, 0) is 50.6 Å². The van der Waals surface area contributed by atoms with E-state index in [1.165, 1.54) is 0 Å². The highest BCUT2D eigenvalue weighted by Gasteiger charge is 2.18. The first kappa shape index (κ1) is 17.7. The molecule has 26 heavy (non-hydrogen) atoms. The van der Waals surface area contributed by atoms with Gasteiger partial charge in [0.15, 0.2) is 0 Å². The molecule has 134 valence electrons. The van der Waals surface area contributed by atoms with Crippen LogP contribution in [0.2, 0.25) is 0 Å². The Morgan fingerprint density at radius 1 is 1.19 bits per heavy atom. The second-order valence-electron chi connectivity index (χ2n) is 5.92. The van der Waals surface area contributed by atoms with Crippen molar-refractivity contribution in [3.05, 3.63) is 65.5 Å². The molecule has 1 aromatic heterocycles. The highest BCUT2D eigenvalue weighted by Crippen LogP contribution is 2.22. The highest BCUT2D eigenvalue weighted by molar-refractivity contribution is 5.94. The van der Waals surface area contributed by atoms with Crippen molar-refractivity contribution < 1.29 is 14.1 Å². The second kappa shape index (κ2) is 7.82. The number of hydrogen-bond acceptors (Lipinski definition) is 5. The lowest BCUT2D eigenvalue weighted by Crippen LogP contribution is -2.26. The van der Waals surface area contributed by atoms with Crippen molar-refractivity contribution in [2.24, 2.45) is 0 Å². The zero-order chi connectivity index (χ0) is 18.5. The maximum absolute atomic E-state index is 12.4. The van der Waals surface area contributed by atoms with E-state index in [1.54, 1.807) is 24.3 Å². The van der Waals surface area contributed by atoms with E-state index in [4.69, 9.17) is 9.26 Å². The molecule has 0 saturated heterocycles. The molecule has 0 radical (unpaired) electrons. The second-order valence-corrected chi connectivity index (χ2v) is 5.92. The van der Waals surface area contributed by atoms with Crippen LogP contribution in [0.3, 0.4) is 0 Å². The van der Waals surface area contributed by atoms with Crippen LogP contribution >= 0.6 is 0 Å². The summed E-state index contributed by atoms with van der Waals surface area (Å²) in [6.07, 6.45) is 0. The molecule has 0 saturated carbocycles. The van der Waals surface area contributed by atoms with Gasteiger partial charge in [0, 0.05) is 11.1 Å². The Hall–Kier alpha value is -3.15. The Morgan fingerprint density at radius 3 is 2.62 bits per heavy atom. The van der Waals surface area contributed by atoms with E-state index in [-0.39, 0.29) is 5.91 Å². The number of amides is 1. The molecule has 0 aliphatic rings. The van der Waals surface area contributed by atoms with E-state index in [0.717, 1.165) is 16.9 Å². The Bertz CT molecular complexity index is 887. The van der Waals surface area contributed by atoms with E-state index in [9.17, 15) is 4.79 Å². The van der Waals surface area contributed by atoms with Gasteiger partial charge in [-0.1, -0.05) is 29.4 Å². The van der Waals surface area contributed by atoms with Crippen molar-refractivity contribution in [1.29, 1.82) is 0 Å². The number of aromatic nitrogens is 2. The van der Waals surface area contributed by atoms with Crippen LogP contribution in [0.5, 0.6) is 5.75 Å². The minimum Gasteiger partial charge on any atom is -0.494 e. The first-order valence-electron chi connectivity index (χ1n) is 8.51. The molecule has 1 atom stereocenters. The maximum atomic E-state index is 12.4. The summed E-state index contributed by atoms with van der Waals surface area (Å²) in [6, 6.07) is 14.4. The van der Waals surface area contributed by atoms with Crippen molar-refractivity contribution >= 4 is 5.91 Å². The van der Waals surface area contributed by atoms with Gasteiger partial charge in [0.05, 0.1) is 6.61 Å². The molecule has 0 aliphatic heterocycles. The fraction of sp³-hybridized carbons (Fsp3) is 0.250. The van der Waals surface area contributed by atoms with E-state index in [2.05, 4.69) is 15.5 Å². The number of ether oxygens (including phenoxy) is 1. The van der Waals surface area contributed by atoms with Crippen LogP contribution in [0.4, 0.5) is 0 Å². The quantitative estimate of drug-likeness (QED) is 0.728. The van der Waals surface area contributed by atoms with Crippen molar-refractivity contribution in [3.63, 3.8) is 0 Å². The maximum Gasteiger partial charge on any atom is 0.251 e. The van der Waals surface area contributed by atoms with E-state index in [1.807, 2.05) is 45.0 Å². The molecule has 0 aliphatic carbocycles. The highest BCUT2D eigenvalue weighted by atomic mass is 16.5. The third-order valence-electron chi connectivity index (χ3n) is 3.97. The summed E-state index contributed by atoms with van der Waals surface area (Å²) in [5, 5.41) is 6.89. The van der Waals surface area contributed by atoms with Gasteiger partial charge in [0.25, 0.3) is 5.91 Å². The van der Waals surface area contributed by atoms with E-state index >= 15 is 0 Å². The number of nitrogens with one attached hydrogen (secondary N) is 1. The van der Waals surface area contributed by atoms with Crippen molar-refractivity contribution in [1.82, 2.24) is 15.5 Å². The Kier molecular flexibility index (Phi) is 5.31. The number of hydrogen-bond donors (Lipinski definition) is 1. The summed E-state index contributed by atoms with van der Waals surface area (Å²) in [6.45, 7) is 6.30. The largest absolute Gasteiger partial charge is 0.494 e. The third kappa shape index (κ3) is 3.91. The number of carbonyl (C=O) groups is 1. The van der Waals surface area contributed by atoms with Crippen molar-refractivity contribution in [3.8, 4) is 17.1 Å². The first-order chi connectivity index (χ1) is 12.6. The zero-order valence-electron chi connectivity index (χ0n) is 15.0. The Balaban J connectivity index is 1.69. The third-order valence-corrected chi connectivity index (χ3v) is 3.97. The fourth-order valence-corrected chi connectivity index (χ4v) is 2.56. The van der Waals surface area contributed by atoms with Crippen LogP contribution in [-0.4, -0.2) is 22.7 Å². The fourth-order valence-electron chi connectivity index (χ4n) is 2.56. The Morgan fingerprint density at radius 2 is 1.92 bits per heavy atom. The van der Waals surface area contributed by atoms with Gasteiger partial charge in [0.2, 0.25) is 11.7 Å². The standard InChI is InChI=1S/C20H21N3O3/c1-4-25-16-11-9-15(10-12-16)19(24)21-14(3)20-22-18(23-26-20)17-8-6-5-7-13(17)2/h5-12,14H,4H2,1-3H3,(H,21,24)/t14-/m1/s1. The van der Waals surface area contributed by atoms with Crippen molar-refractivity contribution in [2.45, 2.75) is 26.8 Å². The molecule has 1 heterocycles. The molecule has 2 aromatic carbocycles. The SMILES string of the molecule is CCOc1ccc(C(=O)N[C@H](C)c2nc(-c3ccccc3C)no2)cc1. The number of rotatable bonds is 6. The molecular weight excluding hydrogens is 330 g/mol. The average molecular weight is 351 g/mol. The number of nitrogens with zero attached hydrogens (tertiary/aromatic N) is 2. The molecule has 0 spiro atoms. The molecule has 1 N–H and O–H groups in total. The van der Waals surface area contributed by atoms with Crippen LogP contribution in [0.25, 0.3) is 11.4 Å². The van der Waals surface area contributed by atoms with E-state index in [0.29, 0.717) is 23.9 Å². The number of benzene rings is 2. The lowest BCUT2D eigenvalue weighted by molar-refractivity contribution is 0.0932. The van der Waals surface area contributed by atoms with Crippen molar-refractivity contribution in [2.75, 3.05) is 6.61 Å². The lowest BCUT2D eigenvalue weighted by Gasteiger charge is -2.10. The van der Waals surface area contributed by atoms with Crippen LogP contribution in [-0.2, 0) is 0 Å². The summed E-state index contributed by atoms with van der Waals surface area (Å²) in [5.74, 6) is 1.40. The van der Waals surface area contributed by atoms with Gasteiger partial charge < -0.3 is 14.6 Å². The Labute approximate surface area is 152 Å². The summed E-state index contributed by atoms with van der Waals surface area (Å²) < 4.78 is 10.7. The minimum atomic E-state index is -0.403. The van der Waals surface area contributed by atoms with Gasteiger partial charge in [-0.25, -0.2) is 0 Å². The van der Waals surface area contributed by atoms with Gasteiger partial charge in [0.1, 0.15) is 11.8 Å². The normalized spacial score (nSPS) is 11.8. The molecule has 3 rings (SSSR count). The van der Waals surface area contributed by atoms with E-state index < -0.39 is 6.04 Å². The predicted octanol–water partition coefficient (Wildman–Crippen LogP) is 3.93. The smallest absolute Gasteiger partial charge is 0.251 e.